The van der Waals surface area contributed by atoms with E-state index in [9.17, 15) is 23.1 Å². The highest BCUT2D eigenvalue weighted by Gasteiger charge is 2.68. The van der Waals surface area contributed by atoms with Crippen molar-refractivity contribution in [2.75, 3.05) is 25.4 Å². The van der Waals surface area contributed by atoms with Crippen LogP contribution >= 0.6 is 0 Å². The minimum Gasteiger partial charge on any atom is -0.461 e. The normalized spacial score (nSPS) is 49.6. The number of piperidine rings is 3. The van der Waals surface area contributed by atoms with Crippen LogP contribution in [0.1, 0.15) is 79.1 Å². The smallest absolute Gasteiger partial charge is 0.321 e. The molecule has 3 heterocycles. The van der Waals surface area contributed by atoms with E-state index in [1.807, 2.05) is 6.92 Å². The van der Waals surface area contributed by atoms with Crippen molar-refractivity contribution in [2.45, 2.75) is 96.0 Å². The lowest BCUT2D eigenvalue weighted by molar-refractivity contribution is -0.205. The summed E-state index contributed by atoms with van der Waals surface area (Å²) in [7, 11) is -3.70. The van der Waals surface area contributed by atoms with E-state index in [4.69, 9.17) is 4.74 Å². The summed E-state index contributed by atoms with van der Waals surface area (Å²) in [5.41, 5.74) is -1.73. The Hall–Kier alpha value is -1.25. The van der Waals surface area contributed by atoms with E-state index >= 15 is 0 Å². The van der Waals surface area contributed by atoms with E-state index in [0.717, 1.165) is 38.9 Å². The van der Waals surface area contributed by atoms with Gasteiger partial charge in [-0.1, -0.05) is 33.8 Å². The van der Waals surface area contributed by atoms with Crippen LogP contribution in [0.3, 0.4) is 0 Å². The van der Waals surface area contributed by atoms with Gasteiger partial charge < -0.3 is 14.7 Å². The molecule has 0 aromatic heterocycles. The number of ether oxygens (including phenoxy) is 1. The number of aliphatic hydroxyl groups is 1. The third-order valence-electron chi connectivity index (χ3n) is 12.2. The molecule has 7 nitrogen and oxygen atoms in total. The number of nitrogens with zero attached hydrogens (tertiary/aromatic N) is 1. The van der Waals surface area contributed by atoms with Gasteiger partial charge in [-0.3, -0.25) is 9.59 Å². The molecular weight excluding hydrogens is 490 g/mol. The fourth-order valence-electron chi connectivity index (χ4n) is 9.26. The Labute approximate surface area is 222 Å². The molecule has 0 aromatic rings. The Morgan fingerprint density at radius 2 is 1.76 bits per heavy atom. The average Bonchev–Trinajstić information content (AvgIpc) is 3.23. The summed E-state index contributed by atoms with van der Waals surface area (Å²) < 4.78 is 32.5. The molecule has 6 fully saturated rings. The molecule has 4 bridgehead atoms. The number of aliphatic hydroxyl groups excluding tert-OH is 1. The molecule has 0 aromatic carbocycles. The van der Waals surface area contributed by atoms with Crippen molar-refractivity contribution in [1.29, 1.82) is 0 Å². The van der Waals surface area contributed by atoms with Crippen molar-refractivity contribution < 1.29 is 27.9 Å². The van der Waals surface area contributed by atoms with Crippen LogP contribution in [-0.4, -0.2) is 72.5 Å². The third kappa shape index (κ3) is 3.82. The third-order valence-corrected chi connectivity index (χ3v) is 14.7. The Balaban J connectivity index is 1.50. The highest BCUT2D eigenvalue weighted by atomic mass is 32.2. The minimum atomic E-state index is -3.70. The van der Waals surface area contributed by atoms with Gasteiger partial charge in [-0.05, 0) is 81.8 Å². The molecule has 6 rings (SSSR count). The van der Waals surface area contributed by atoms with Gasteiger partial charge in [-0.25, -0.2) is 8.42 Å². The fraction of sp³-hybridized carbons (Fsp3) is 0.862. The molecule has 208 valence electrons. The SMILES string of the molecule is C=C[C@]1(C)C[C@@H](OC(=O)CS(=O)(=O)C23CCN(CC2)CC3)[C@@]2(C)C3C(=O)CC[C@@]3(CC[C@H]2C)[C@@H](C)[C@@H]1O. The Bertz CT molecular complexity index is 1070. The maximum atomic E-state index is 13.6. The van der Waals surface area contributed by atoms with Crippen molar-refractivity contribution in [1.82, 2.24) is 4.90 Å². The van der Waals surface area contributed by atoms with Gasteiger partial charge in [0.05, 0.1) is 10.9 Å². The largest absolute Gasteiger partial charge is 0.461 e. The van der Waals surface area contributed by atoms with Gasteiger partial charge in [0.2, 0.25) is 0 Å². The van der Waals surface area contributed by atoms with Crippen LogP contribution in [0.15, 0.2) is 12.7 Å². The molecule has 1 unspecified atom stereocenters. The van der Waals surface area contributed by atoms with Crippen LogP contribution < -0.4 is 0 Å². The number of fused-ring (bicyclic) bond motifs is 3. The fourth-order valence-corrected chi connectivity index (χ4v) is 11.2. The summed E-state index contributed by atoms with van der Waals surface area (Å²) in [4.78, 5) is 29.3. The zero-order valence-electron chi connectivity index (χ0n) is 23.0. The molecule has 3 aliphatic heterocycles. The summed E-state index contributed by atoms with van der Waals surface area (Å²) in [5.74, 6) is -1.47. The molecule has 3 aliphatic carbocycles. The van der Waals surface area contributed by atoms with Crippen molar-refractivity contribution in [3.05, 3.63) is 12.7 Å². The number of carbonyl (C=O) groups excluding carboxylic acids is 2. The number of ketones is 1. The van der Waals surface area contributed by atoms with Gasteiger partial charge in [0, 0.05) is 23.2 Å². The van der Waals surface area contributed by atoms with Crippen molar-refractivity contribution in [3.8, 4) is 0 Å². The summed E-state index contributed by atoms with van der Waals surface area (Å²) in [6, 6.07) is 0. The van der Waals surface area contributed by atoms with Crippen LogP contribution in [0.2, 0.25) is 0 Å². The van der Waals surface area contributed by atoms with Crippen LogP contribution in [0.4, 0.5) is 0 Å². The maximum Gasteiger partial charge on any atom is 0.321 e. The number of hydrogen-bond donors (Lipinski definition) is 1. The molecule has 3 saturated carbocycles. The average molecular weight is 536 g/mol. The minimum absolute atomic E-state index is 0.105. The first-order valence-electron chi connectivity index (χ1n) is 14.2. The van der Waals surface area contributed by atoms with Crippen molar-refractivity contribution in [3.63, 3.8) is 0 Å². The summed E-state index contributed by atoms with van der Waals surface area (Å²) in [5, 5.41) is 11.6. The highest BCUT2D eigenvalue weighted by Crippen LogP contribution is 2.68. The van der Waals surface area contributed by atoms with Crippen LogP contribution in [0.5, 0.6) is 0 Å². The molecule has 1 N–H and O–H groups in total. The number of carbonyl (C=O) groups is 2. The van der Waals surface area contributed by atoms with Gasteiger partial charge >= 0.3 is 5.97 Å². The predicted molar refractivity (Wildman–Crippen MR) is 141 cm³/mol. The van der Waals surface area contributed by atoms with Gasteiger partial charge in [0.25, 0.3) is 0 Å². The Morgan fingerprint density at radius 3 is 2.35 bits per heavy atom. The van der Waals surface area contributed by atoms with Gasteiger partial charge in [0.1, 0.15) is 17.6 Å². The summed E-state index contributed by atoms with van der Waals surface area (Å²) in [6.07, 6.45) is 5.30. The standard InChI is InChI=1S/C29H45NO6S/c1-6-26(4)17-22(36-23(32)18-37(34,35)28-11-14-30(15-12-28)16-13-28)27(5)19(2)7-9-29(20(3)25(26)33)10-8-21(31)24(27)29/h6,19-20,22,24-25,33H,1,7-18H2,2-5H3/t19-,20+,22-,24?,25+,26-,27+,29+/m1/s1. The lowest BCUT2D eigenvalue weighted by atomic mass is 9.44. The summed E-state index contributed by atoms with van der Waals surface area (Å²) >= 11 is 0. The Kier molecular flexibility index (Phi) is 6.56. The van der Waals surface area contributed by atoms with Gasteiger partial charge in [-0.15, -0.1) is 6.58 Å². The molecule has 3 saturated heterocycles. The zero-order valence-corrected chi connectivity index (χ0v) is 23.8. The number of hydrogen-bond acceptors (Lipinski definition) is 7. The first-order chi connectivity index (χ1) is 17.2. The zero-order chi connectivity index (χ0) is 27.0. The molecular formula is C29H45NO6S. The molecule has 8 heteroatoms. The maximum absolute atomic E-state index is 13.6. The van der Waals surface area contributed by atoms with Crippen LogP contribution in [0, 0.1) is 34.0 Å². The van der Waals surface area contributed by atoms with Crippen LogP contribution in [0.25, 0.3) is 0 Å². The Morgan fingerprint density at radius 1 is 1.14 bits per heavy atom. The molecule has 37 heavy (non-hydrogen) atoms. The first-order valence-corrected chi connectivity index (χ1v) is 15.9. The van der Waals surface area contributed by atoms with E-state index in [1.165, 1.54) is 0 Å². The molecule has 0 radical (unpaired) electrons. The quantitative estimate of drug-likeness (QED) is 0.424. The van der Waals surface area contributed by atoms with E-state index in [-0.39, 0.29) is 29.0 Å². The topological polar surface area (TPSA) is 101 Å². The molecule has 0 spiro atoms. The van der Waals surface area contributed by atoms with Gasteiger partial charge in [0.15, 0.2) is 9.84 Å². The highest BCUT2D eigenvalue weighted by molar-refractivity contribution is 7.93. The number of rotatable bonds is 5. The summed E-state index contributed by atoms with van der Waals surface area (Å²) in [6.45, 7) is 14.5. The monoisotopic (exact) mass is 535 g/mol. The molecule has 0 amide bonds. The second kappa shape index (κ2) is 8.88. The number of Topliss-reactive ketones (excluding diaryl/α,β-unsaturated/α-hetero) is 1. The lowest BCUT2D eigenvalue weighted by Crippen LogP contribution is -2.63. The first kappa shape index (κ1) is 27.3. The lowest BCUT2D eigenvalue weighted by Gasteiger charge is -2.61. The van der Waals surface area contributed by atoms with Crippen molar-refractivity contribution in [2.24, 2.45) is 34.0 Å². The van der Waals surface area contributed by atoms with Crippen LogP contribution in [-0.2, 0) is 24.2 Å². The number of sulfone groups is 1. The predicted octanol–water partition coefficient (Wildman–Crippen LogP) is 3.55. The van der Waals surface area contributed by atoms with E-state index < -0.39 is 49.3 Å². The molecule has 6 aliphatic rings. The second-order valence-electron chi connectivity index (χ2n) is 13.6. The van der Waals surface area contributed by atoms with Crippen molar-refractivity contribution >= 4 is 21.6 Å². The van der Waals surface area contributed by atoms with E-state index in [2.05, 4.69) is 32.3 Å². The second-order valence-corrected chi connectivity index (χ2v) is 16.0. The van der Waals surface area contributed by atoms with E-state index in [1.54, 1.807) is 6.08 Å². The number of esters is 1. The van der Waals surface area contributed by atoms with Gasteiger partial charge in [-0.2, -0.15) is 0 Å². The molecule has 8 atom stereocenters. The van der Waals surface area contributed by atoms with E-state index in [0.29, 0.717) is 32.1 Å².